The highest BCUT2D eigenvalue weighted by Gasteiger charge is 2.46. The molecule has 174 valence electrons. The van der Waals surface area contributed by atoms with Crippen molar-refractivity contribution in [2.24, 2.45) is 0 Å². The summed E-state index contributed by atoms with van der Waals surface area (Å²) in [4.78, 5) is 27.7. The Bertz CT molecular complexity index is 1310. The van der Waals surface area contributed by atoms with Crippen LogP contribution in [-0.4, -0.2) is 40.0 Å². The molecule has 3 aromatic rings. The first-order valence-electron chi connectivity index (χ1n) is 10.8. The predicted molar refractivity (Wildman–Crippen MR) is 121 cm³/mol. The topological polar surface area (TPSA) is 109 Å². The summed E-state index contributed by atoms with van der Waals surface area (Å²) in [6.45, 7) is 1.98. The van der Waals surface area contributed by atoms with Crippen LogP contribution in [-0.2, 0) is 22.6 Å². The Balaban J connectivity index is 1.65. The molecule has 2 aliphatic rings. The second-order valence-corrected chi connectivity index (χ2v) is 8.39. The van der Waals surface area contributed by atoms with Gasteiger partial charge < -0.3 is 29.0 Å². The molecule has 0 spiro atoms. The van der Waals surface area contributed by atoms with Gasteiger partial charge in [-0.15, -0.1) is 0 Å². The van der Waals surface area contributed by atoms with Gasteiger partial charge in [-0.2, -0.15) is 0 Å². The van der Waals surface area contributed by atoms with Crippen LogP contribution in [0.25, 0.3) is 5.76 Å². The van der Waals surface area contributed by atoms with Gasteiger partial charge in [-0.1, -0.05) is 6.07 Å². The van der Waals surface area contributed by atoms with Gasteiger partial charge in [-0.05, 0) is 60.5 Å². The van der Waals surface area contributed by atoms with Crippen molar-refractivity contribution in [3.8, 4) is 17.2 Å². The van der Waals surface area contributed by atoms with Crippen LogP contribution in [0.5, 0.6) is 17.2 Å². The molecule has 5 rings (SSSR count). The largest absolute Gasteiger partial charge is 0.507 e. The van der Waals surface area contributed by atoms with Gasteiger partial charge >= 0.3 is 0 Å². The van der Waals surface area contributed by atoms with E-state index >= 15 is 0 Å². The summed E-state index contributed by atoms with van der Waals surface area (Å²) in [5.41, 5.74) is 1.80. The Hall–Kier alpha value is -4.20. The molecule has 8 heteroatoms. The highest BCUT2D eigenvalue weighted by molar-refractivity contribution is 6.46. The van der Waals surface area contributed by atoms with Crippen molar-refractivity contribution in [3.63, 3.8) is 0 Å². The number of rotatable bonds is 5. The number of phenols is 1. The molecule has 0 bridgehead atoms. The zero-order chi connectivity index (χ0) is 24.0. The minimum absolute atomic E-state index is 0.0238. The van der Waals surface area contributed by atoms with Crippen LogP contribution in [0.1, 0.15) is 35.4 Å². The Kier molecular flexibility index (Phi) is 5.28. The number of methoxy groups -OCH3 is 1. The minimum Gasteiger partial charge on any atom is -0.507 e. The van der Waals surface area contributed by atoms with E-state index < -0.39 is 17.7 Å². The summed E-state index contributed by atoms with van der Waals surface area (Å²) in [7, 11) is 1.41. The number of furan rings is 1. The van der Waals surface area contributed by atoms with Crippen LogP contribution >= 0.6 is 0 Å². The normalized spacial score (nSPS) is 20.9. The van der Waals surface area contributed by atoms with Crippen LogP contribution in [0.15, 0.2) is 64.8 Å². The zero-order valence-electron chi connectivity index (χ0n) is 18.6. The molecule has 0 radical (unpaired) electrons. The first-order chi connectivity index (χ1) is 16.4. The standard InChI is InChI=1S/C26H23NO7/c1-14-10-17-11-16(6-8-20(17)34-14)24(29)22-23(15-5-7-19(28)21(12-15)32-2)27(26(31)25(22)30)13-18-4-3-9-33-18/h3-9,11-12,14,23,28-29H,10,13H2,1-2H3/t14-,23+/m0/s1. The number of fused-ring (bicyclic) bond motifs is 1. The van der Waals surface area contributed by atoms with Gasteiger partial charge in [0.2, 0.25) is 0 Å². The number of benzene rings is 2. The molecule has 0 aliphatic carbocycles. The number of hydrogen-bond acceptors (Lipinski definition) is 7. The van der Waals surface area contributed by atoms with E-state index in [9.17, 15) is 19.8 Å². The molecule has 2 aromatic carbocycles. The highest BCUT2D eigenvalue weighted by Crippen LogP contribution is 2.43. The summed E-state index contributed by atoms with van der Waals surface area (Å²) in [5.74, 6) is -0.505. The fourth-order valence-electron chi connectivity index (χ4n) is 4.55. The van der Waals surface area contributed by atoms with Crippen LogP contribution in [0.3, 0.4) is 0 Å². The monoisotopic (exact) mass is 461 g/mol. The summed E-state index contributed by atoms with van der Waals surface area (Å²) in [6.07, 6.45) is 2.19. The molecule has 1 saturated heterocycles. The van der Waals surface area contributed by atoms with Crippen molar-refractivity contribution in [2.75, 3.05) is 7.11 Å². The zero-order valence-corrected chi connectivity index (χ0v) is 18.6. The van der Waals surface area contributed by atoms with Crippen molar-refractivity contribution in [1.29, 1.82) is 0 Å². The molecule has 34 heavy (non-hydrogen) atoms. The lowest BCUT2D eigenvalue weighted by atomic mass is 9.94. The molecule has 8 nitrogen and oxygen atoms in total. The molecule has 1 aromatic heterocycles. The Morgan fingerprint density at radius 2 is 2.00 bits per heavy atom. The SMILES string of the molecule is COc1cc([C@@H]2C(=C(O)c3ccc4c(c3)C[C@H](C)O4)C(=O)C(=O)N2Cc2ccco2)ccc1O. The van der Waals surface area contributed by atoms with Gasteiger partial charge in [0.1, 0.15) is 23.4 Å². The molecule has 3 heterocycles. The third-order valence-corrected chi connectivity index (χ3v) is 6.14. The fourth-order valence-corrected chi connectivity index (χ4v) is 4.55. The van der Waals surface area contributed by atoms with E-state index in [0.29, 0.717) is 23.3 Å². The summed E-state index contributed by atoms with van der Waals surface area (Å²) < 4.78 is 16.4. The maximum absolute atomic E-state index is 13.2. The Morgan fingerprint density at radius 3 is 2.74 bits per heavy atom. The predicted octanol–water partition coefficient (Wildman–Crippen LogP) is 3.94. The van der Waals surface area contributed by atoms with Crippen LogP contribution < -0.4 is 9.47 Å². The third-order valence-electron chi connectivity index (χ3n) is 6.14. The van der Waals surface area contributed by atoms with Crippen LogP contribution in [0.4, 0.5) is 0 Å². The summed E-state index contributed by atoms with van der Waals surface area (Å²) in [6, 6.07) is 12.3. The van der Waals surface area contributed by atoms with E-state index in [-0.39, 0.29) is 35.5 Å². The molecular formula is C26H23NO7. The van der Waals surface area contributed by atoms with E-state index in [1.165, 1.54) is 24.3 Å². The van der Waals surface area contributed by atoms with Gasteiger partial charge in [-0.3, -0.25) is 9.59 Å². The van der Waals surface area contributed by atoms with Crippen molar-refractivity contribution >= 4 is 17.4 Å². The van der Waals surface area contributed by atoms with Crippen LogP contribution in [0, 0.1) is 0 Å². The second kappa shape index (κ2) is 8.30. The molecule has 2 N–H and O–H groups in total. The number of ketones is 1. The van der Waals surface area contributed by atoms with Gasteiger partial charge in [0.25, 0.3) is 11.7 Å². The maximum Gasteiger partial charge on any atom is 0.296 e. The highest BCUT2D eigenvalue weighted by atomic mass is 16.5. The van der Waals surface area contributed by atoms with Crippen molar-refractivity contribution in [2.45, 2.75) is 32.0 Å². The first-order valence-corrected chi connectivity index (χ1v) is 10.8. The van der Waals surface area contributed by atoms with Crippen molar-refractivity contribution in [1.82, 2.24) is 4.90 Å². The number of aromatic hydroxyl groups is 1. The van der Waals surface area contributed by atoms with E-state index in [2.05, 4.69) is 0 Å². The number of ether oxygens (including phenoxy) is 2. The summed E-state index contributed by atoms with van der Waals surface area (Å²) in [5, 5.41) is 21.4. The average molecular weight is 461 g/mol. The number of hydrogen-bond donors (Lipinski definition) is 2. The number of carbonyl (C=O) groups excluding carboxylic acids is 2. The smallest absolute Gasteiger partial charge is 0.296 e. The molecule has 2 atom stereocenters. The minimum atomic E-state index is -0.914. The first kappa shape index (κ1) is 21.6. The number of amides is 1. The van der Waals surface area contributed by atoms with Crippen molar-refractivity contribution < 1.29 is 33.7 Å². The third kappa shape index (κ3) is 3.57. The number of Topliss-reactive ketones (excluding diaryl/α,β-unsaturated/α-hetero) is 1. The molecule has 2 aliphatic heterocycles. The van der Waals surface area contributed by atoms with Gasteiger partial charge in [0.05, 0.1) is 31.5 Å². The van der Waals surface area contributed by atoms with E-state index in [1.807, 2.05) is 6.92 Å². The summed E-state index contributed by atoms with van der Waals surface area (Å²) >= 11 is 0. The molecular weight excluding hydrogens is 438 g/mol. The lowest BCUT2D eigenvalue weighted by molar-refractivity contribution is -0.140. The van der Waals surface area contributed by atoms with Gasteiger partial charge in [-0.25, -0.2) is 0 Å². The van der Waals surface area contributed by atoms with Gasteiger partial charge in [0.15, 0.2) is 11.5 Å². The van der Waals surface area contributed by atoms with Gasteiger partial charge in [0, 0.05) is 12.0 Å². The number of carbonyl (C=O) groups is 2. The maximum atomic E-state index is 13.2. The number of phenolic OH excluding ortho intramolecular Hbond substituents is 1. The van der Waals surface area contributed by atoms with E-state index in [4.69, 9.17) is 13.9 Å². The van der Waals surface area contributed by atoms with Crippen LogP contribution in [0.2, 0.25) is 0 Å². The number of aliphatic hydroxyl groups excluding tert-OH is 1. The lowest BCUT2D eigenvalue weighted by Gasteiger charge is -2.25. The average Bonchev–Trinajstić information content (AvgIpc) is 3.53. The molecule has 0 unspecified atom stereocenters. The molecule has 1 amide bonds. The Morgan fingerprint density at radius 1 is 1.18 bits per heavy atom. The molecule has 0 saturated carbocycles. The number of likely N-dealkylation sites (tertiary alicyclic amines) is 1. The lowest BCUT2D eigenvalue weighted by Crippen LogP contribution is -2.29. The van der Waals surface area contributed by atoms with Crippen molar-refractivity contribution in [3.05, 3.63) is 82.8 Å². The van der Waals surface area contributed by atoms with E-state index in [1.54, 1.807) is 42.5 Å². The Labute approximate surface area is 195 Å². The number of aliphatic hydroxyl groups is 1. The molecule has 1 fully saturated rings. The van der Waals surface area contributed by atoms with E-state index in [0.717, 1.165) is 11.3 Å². The fraction of sp³-hybridized carbons (Fsp3) is 0.231. The quantitative estimate of drug-likeness (QED) is 0.336. The number of nitrogens with zero attached hydrogens (tertiary/aromatic N) is 1. The second-order valence-electron chi connectivity index (χ2n) is 8.39.